The largest absolute Gasteiger partial charge is 0.383 e. The summed E-state index contributed by atoms with van der Waals surface area (Å²) in [7, 11) is 0. The molecule has 0 bridgehead atoms. The van der Waals surface area contributed by atoms with E-state index in [1.54, 1.807) is 0 Å². The van der Waals surface area contributed by atoms with E-state index in [1.165, 1.54) is 0 Å². The average molecular weight is 269 g/mol. The van der Waals surface area contributed by atoms with E-state index >= 15 is 0 Å². The fourth-order valence-electron chi connectivity index (χ4n) is 2.41. The zero-order valence-corrected chi connectivity index (χ0v) is 11.3. The molecule has 3 rings (SSSR count). The highest BCUT2D eigenvalue weighted by molar-refractivity contribution is 6.31. The van der Waals surface area contributed by atoms with Crippen molar-refractivity contribution in [2.45, 2.75) is 6.92 Å². The van der Waals surface area contributed by atoms with E-state index in [2.05, 4.69) is 17.1 Å². The van der Waals surface area contributed by atoms with Crippen LogP contribution in [0.2, 0.25) is 5.02 Å². The molecule has 0 aliphatic rings. The maximum atomic E-state index is 6.12. The number of anilines is 1. The fraction of sp³-hybridized carbons (Fsp3) is 0.0625. The van der Waals surface area contributed by atoms with Gasteiger partial charge in [0.15, 0.2) is 0 Å². The lowest BCUT2D eigenvalue weighted by atomic mass is 9.97. The molecule has 94 valence electrons. The van der Waals surface area contributed by atoms with Crippen molar-refractivity contribution in [3.8, 4) is 11.1 Å². The number of benzene rings is 2. The summed E-state index contributed by atoms with van der Waals surface area (Å²) in [6.07, 6.45) is 0. The third-order valence-corrected chi connectivity index (χ3v) is 3.47. The number of aromatic nitrogens is 1. The van der Waals surface area contributed by atoms with Gasteiger partial charge in [0.1, 0.15) is 5.82 Å². The molecule has 2 aromatic carbocycles. The highest BCUT2D eigenvalue weighted by Gasteiger charge is 2.11. The van der Waals surface area contributed by atoms with Crippen molar-refractivity contribution >= 4 is 28.2 Å². The van der Waals surface area contributed by atoms with Gasteiger partial charge in [0, 0.05) is 21.7 Å². The Morgan fingerprint density at radius 3 is 2.47 bits per heavy atom. The number of rotatable bonds is 1. The van der Waals surface area contributed by atoms with E-state index < -0.39 is 0 Å². The van der Waals surface area contributed by atoms with Crippen LogP contribution in [0.25, 0.3) is 21.9 Å². The second-order valence-electron chi connectivity index (χ2n) is 4.51. The molecular weight excluding hydrogens is 256 g/mol. The number of aryl methyl sites for hydroxylation is 1. The summed E-state index contributed by atoms with van der Waals surface area (Å²) in [5.41, 5.74) is 9.13. The van der Waals surface area contributed by atoms with Crippen LogP contribution in [-0.4, -0.2) is 4.98 Å². The van der Waals surface area contributed by atoms with Crippen molar-refractivity contribution in [3.63, 3.8) is 0 Å². The molecule has 19 heavy (non-hydrogen) atoms. The highest BCUT2D eigenvalue weighted by Crippen LogP contribution is 2.34. The van der Waals surface area contributed by atoms with Gasteiger partial charge in [-0.3, -0.25) is 0 Å². The zero-order valence-electron chi connectivity index (χ0n) is 10.5. The topological polar surface area (TPSA) is 38.9 Å². The van der Waals surface area contributed by atoms with Crippen molar-refractivity contribution in [2.75, 3.05) is 5.73 Å². The van der Waals surface area contributed by atoms with Crippen molar-refractivity contribution in [1.29, 1.82) is 0 Å². The lowest BCUT2D eigenvalue weighted by molar-refractivity contribution is 1.23. The SMILES string of the molecule is Cc1nc(N)c2ccc(Cl)cc2c1-c1ccccc1. The van der Waals surface area contributed by atoms with E-state index in [0.29, 0.717) is 10.8 Å². The van der Waals surface area contributed by atoms with E-state index in [4.69, 9.17) is 17.3 Å². The summed E-state index contributed by atoms with van der Waals surface area (Å²) in [4.78, 5) is 4.44. The van der Waals surface area contributed by atoms with E-state index in [-0.39, 0.29) is 0 Å². The van der Waals surface area contributed by atoms with Crippen LogP contribution >= 0.6 is 11.6 Å². The van der Waals surface area contributed by atoms with Crippen molar-refractivity contribution < 1.29 is 0 Å². The first kappa shape index (κ1) is 12.0. The molecule has 0 radical (unpaired) electrons. The van der Waals surface area contributed by atoms with Gasteiger partial charge in [-0.1, -0.05) is 41.9 Å². The molecule has 0 fully saturated rings. The maximum Gasteiger partial charge on any atom is 0.131 e. The van der Waals surface area contributed by atoms with Crippen LogP contribution in [0.4, 0.5) is 5.82 Å². The normalized spacial score (nSPS) is 10.8. The molecule has 0 aliphatic carbocycles. The number of nitrogen functional groups attached to an aromatic ring is 1. The molecule has 0 unspecified atom stereocenters. The Kier molecular flexibility index (Phi) is 2.88. The summed E-state index contributed by atoms with van der Waals surface area (Å²) in [6.45, 7) is 1.97. The molecular formula is C16H13ClN2. The molecule has 0 atom stereocenters. The summed E-state index contributed by atoms with van der Waals surface area (Å²) >= 11 is 6.12. The average Bonchev–Trinajstić information content (AvgIpc) is 2.39. The van der Waals surface area contributed by atoms with Gasteiger partial charge >= 0.3 is 0 Å². The molecule has 3 aromatic rings. The summed E-state index contributed by atoms with van der Waals surface area (Å²) < 4.78 is 0. The number of nitrogens with zero attached hydrogens (tertiary/aromatic N) is 1. The van der Waals surface area contributed by atoms with Gasteiger partial charge in [-0.15, -0.1) is 0 Å². The van der Waals surface area contributed by atoms with Crippen LogP contribution in [0.15, 0.2) is 48.5 Å². The molecule has 0 saturated heterocycles. The van der Waals surface area contributed by atoms with Crippen molar-refractivity contribution in [3.05, 3.63) is 59.2 Å². The Balaban J connectivity index is 2.44. The molecule has 0 aliphatic heterocycles. The predicted octanol–water partition coefficient (Wildman–Crippen LogP) is 4.45. The monoisotopic (exact) mass is 268 g/mol. The number of hydrogen-bond donors (Lipinski definition) is 1. The van der Waals surface area contributed by atoms with E-state index in [1.807, 2.05) is 43.3 Å². The van der Waals surface area contributed by atoms with Crippen LogP contribution in [0.1, 0.15) is 5.69 Å². The molecule has 0 amide bonds. The first-order valence-electron chi connectivity index (χ1n) is 6.07. The second-order valence-corrected chi connectivity index (χ2v) is 4.95. The van der Waals surface area contributed by atoms with Gasteiger partial charge < -0.3 is 5.73 Å². The fourth-order valence-corrected chi connectivity index (χ4v) is 2.58. The van der Waals surface area contributed by atoms with Crippen LogP contribution in [0.3, 0.4) is 0 Å². The predicted molar refractivity (Wildman–Crippen MR) is 81.3 cm³/mol. The van der Waals surface area contributed by atoms with Gasteiger partial charge in [0.2, 0.25) is 0 Å². The quantitative estimate of drug-likeness (QED) is 0.708. The van der Waals surface area contributed by atoms with Gasteiger partial charge in [0.25, 0.3) is 0 Å². The molecule has 2 N–H and O–H groups in total. The standard InChI is InChI=1S/C16H13ClN2/c1-10-15(11-5-3-2-4-6-11)14-9-12(17)7-8-13(14)16(18)19-10/h2-9H,1H3,(H2,18,19). The molecule has 3 heteroatoms. The number of nitrogens with two attached hydrogens (primary N) is 1. The first-order chi connectivity index (χ1) is 9.16. The van der Waals surface area contributed by atoms with Gasteiger partial charge in [-0.2, -0.15) is 0 Å². The number of pyridine rings is 1. The number of hydrogen-bond acceptors (Lipinski definition) is 2. The number of halogens is 1. The lowest BCUT2D eigenvalue weighted by Gasteiger charge is -2.12. The smallest absolute Gasteiger partial charge is 0.131 e. The van der Waals surface area contributed by atoms with Gasteiger partial charge in [-0.05, 0) is 36.1 Å². The Morgan fingerprint density at radius 2 is 1.74 bits per heavy atom. The van der Waals surface area contributed by atoms with Crippen molar-refractivity contribution in [1.82, 2.24) is 4.98 Å². The van der Waals surface area contributed by atoms with Crippen LogP contribution in [0, 0.1) is 6.92 Å². The molecule has 0 saturated carbocycles. The first-order valence-corrected chi connectivity index (χ1v) is 6.45. The van der Waals surface area contributed by atoms with Crippen molar-refractivity contribution in [2.24, 2.45) is 0 Å². The molecule has 0 spiro atoms. The minimum Gasteiger partial charge on any atom is -0.383 e. The second kappa shape index (κ2) is 4.56. The van der Waals surface area contributed by atoms with E-state index in [9.17, 15) is 0 Å². The summed E-state index contributed by atoms with van der Waals surface area (Å²) in [5.74, 6) is 0.545. The lowest BCUT2D eigenvalue weighted by Crippen LogP contribution is -1.97. The highest BCUT2D eigenvalue weighted by atomic mass is 35.5. The van der Waals surface area contributed by atoms with Crippen LogP contribution < -0.4 is 5.73 Å². The third-order valence-electron chi connectivity index (χ3n) is 3.24. The Morgan fingerprint density at radius 1 is 1.00 bits per heavy atom. The summed E-state index contributed by atoms with van der Waals surface area (Å²) in [6, 6.07) is 15.9. The Hall–Kier alpha value is -2.06. The van der Waals surface area contributed by atoms with Gasteiger partial charge in [0.05, 0.1) is 0 Å². The van der Waals surface area contributed by atoms with Crippen LogP contribution in [0.5, 0.6) is 0 Å². The third kappa shape index (κ3) is 2.04. The minimum atomic E-state index is 0.545. The molecule has 1 aromatic heterocycles. The number of fused-ring (bicyclic) bond motifs is 1. The Bertz CT molecular complexity index is 752. The maximum absolute atomic E-state index is 6.12. The Labute approximate surface area is 116 Å². The van der Waals surface area contributed by atoms with Crippen LogP contribution in [-0.2, 0) is 0 Å². The summed E-state index contributed by atoms with van der Waals surface area (Å²) in [5, 5.41) is 2.69. The van der Waals surface area contributed by atoms with E-state index in [0.717, 1.165) is 27.6 Å². The molecule has 1 heterocycles. The van der Waals surface area contributed by atoms with Gasteiger partial charge in [-0.25, -0.2) is 4.98 Å². The molecule has 2 nitrogen and oxygen atoms in total. The minimum absolute atomic E-state index is 0.545. The zero-order chi connectivity index (χ0) is 13.4.